The zero-order valence-corrected chi connectivity index (χ0v) is 14.4. The number of carbonyl (C=O) groups is 2. The van der Waals surface area contributed by atoms with E-state index in [0.29, 0.717) is 25.7 Å². The number of nitrogens with zero attached hydrogens (tertiary/aromatic N) is 1. The minimum atomic E-state index is -0.543. The van der Waals surface area contributed by atoms with E-state index in [1.165, 1.54) is 7.11 Å². The molecular formula is C16H29N3O4. The molecule has 2 aliphatic heterocycles. The van der Waals surface area contributed by atoms with E-state index in [9.17, 15) is 9.59 Å². The van der Waals surface area contributed by atoms with Gasteiger partial charge < -0.3 is 20.1 Å². The van der Waals surface area contributed by atoms with Gasteiger partial charge in [-0.25, -0.2) is 0 Å². The highest BCUT2D eigenvalue weighted by molar-refractivity contribution is 5.89. The van der Waals surface area contributed by atoms with Gasteiger partial charge >= 0.3 is 0 Å². The van der Waals surface area contributed by atoms with Crippen LogP contribution >= 0.6 is 0 Å². The van der Waals surface area contributed by atoms with Crippen LogP contribution in [0.4, 0.5) is 0 Å². The molecule has 7 nitrogen and oxygen atoms in total. The molecule has 132 valence electrons. The first-order chi connectivity index (χ1) is 10.9. The van der Waals surface area contributed by atoms with Gasteiger partial charge in [-0.15, -0.1) is 0 Å². The molecule has 0 saturated carbocycles. The Morgan fingerprint density at radius 1 is 1.48 bits per heavy atom. The van der Waals surface area contributed by atoms with E-state index in [1.807, 2.05) is 0 Å². The number of ether oxygens (including phenoxy) is 2. The van der Waals surface area contributed by atoms with Crippen LogP contribution in [-0.2, 0) is 19.1 Å². The standard InChI is InChI=1S/C16H29N3O4/c1-12(2)8-19-9-13(17-14(20)10-22-3)15(21)18-16(11-19)4-6-23-7-5-16/h12-13H,4-11H2,1-3H3,(H,17,20)(H,18,21). The average molecular weight is 327 g/mol. The Balaban J connectivity index is 2.12. The van der Waals surface area contributed by atoms with Gasteiger partial charge in [-0.2, -0.15) is 0 Å². The summed E-state index contributed by atoms with van der Waals surface area (Å²) in [4.78, 5) is 26.7. The van der Waals surface area contributed by atoms with Gasteiger partial charge in [0.15, 0.2) is 0 Å². The highest BCUT2D eigenvalue weighted by Gasteiger charge is 2.41. The lowest BCUT2D eigenvalue weighted by Crippen LogP contribution is -2.58. The second kappa shape index (κ2) is 8.08. The summed E-state index contributed by atoms with van der Waals surface area (Å²) >= 11 is 0. The number of hydrogen-bond donors (Lipinski definition) is 2. The van der Waals surface area contributed by atoms with E-state index >= 15 is 0 Å². The Hall–Kier alpha value is -1.18. The highest BCUT2D eigenvalue weighted by atomic mass is 16.5. The fourth-order valence-electron chi connectivity index (χ4n) is 3.40. The highest BCUT2D eigenvalue weighted by Crippen LogP contribution is 2.25. The third-order valence-electron chi connectivity index (χ3n) is 4.36. The van der Waals surface area contributed by atoms with Crippen molar-refractivity contribution in [3.8, 4) is 0 Å². The maximum atomic E-state index is 12.6. The molecule has 23 heavy (non-hydrogen) atoms. The quantitative estimate of drug-likeness (QED) is 0.728. The SMILES string of the molecule is COCC(=O)NC1CN(CC(C)C)CC2(CCOCC2)NC1=O. The number of carbonyl (C=O) groups excluding carboxylic acids is 2. The molecule has 2 aliphatic rings. The predicted octanol–water partition coefficient (Wildman–Crippen LogP) is -0.245. The first kappa shape index (κ1) is 18.2. The molecule has 2 rings (SSSR count). The lowest BCUT2D eigenvalue weighted by Gasteiger charge is -2.39. The third-order valence-corrected chi connectivity index (χ3v) is 4.36. The molecule has 2 fully saturated rings. The molecule has 2 amide bonds. The summed E-state index contributed by atoms with van der Waals surface area (Å²) in [7, 11) is 1.47. The lowest BCUT2D eigenvalue weighted by atomic mass is 9.89. The largest absolute Gasteiger partial charge is 0.381 e. The summed E-state index contributed by atoms with van der Waals surface area (Å²) < 4.78 is 10.3. The van der Waals surface area contributed by atoms with Crippen LogP contribution in [0.2, 0.25) is 0 Å². The summed E-state index contributed by atoms with van der Waals surface area (Å²) in [6, 6.07) is -0.543. The fraction of sp³-hybridized carbons (Fsp3) is 0.875. The average Bonchev–Trinajstić information content (AvgIpc) is 2.57. The van der Waals surface area contributed by atoms with Crippen LogP contribution in [0, 0.1) is 5.92 Å². The van der Waals surface area contributed by atoms with Gasteiger partial charge in [-0.3, -0.25) is 14.5 Å². The van der Waals surface area contributed by atoms with Crippen molar-refractivity contribution in [3.05, 3.63) is 0 Å². The molecule has 2 saturated heterocycles. The van der Waals surface area contributed by atoms with Gasteiger partial charge in [0.1, 0.15) is 12.6 Å². The zero-order valence-electron chi connectivity index (χ0n) is 14.4. The Morgan fingerprint density at radius 2 is 2.17 bits per heavy atom. The second-order valence-electron chi connectivity index (χ2n) is 7.02. The predicted molar refractivity (Wildman–Crippen MR) is 86.0 cm³/mol. The van der Waals surface area contributed by atoms with Crippen LogP contribution in [0.1, 0.15) is 26.7 Å². The van der Waals surface area contributed by atoms with Gasteiger partial charge in [0.05, 0.1) is 5.54 Å². The Labute approximate surface area is 138 Å². The number of methoxy groups -OCH3 is 1. The van der Waals surface area contributed by atoms with Gasteiger partial charge in [0, 0.05) is 40.0 Å². The van der Waals surface area contributed by atoms with Gasteiger partial charge in [0.2, 0.25) is 11.8 Å². The Kier molecular flexibility index (Phi) is 6.38. The van der Waals surface area contributed by atoms with Crippen molar-refractivity contribution in [2.45, 2.75) is 38.3 Å². The maximum absolute atomic E-state index is 12.6. The first-order valence-electron chi connectivity index (χ1n) is 8.34. The molecule has 0 aromatic heterocycles. The minimum Gasteiger partial charge on any atom is -0.381 e. The lowest BCUT2D eigenvalue weighted by molar-refractivity contribution is -0.131. The molecule has 0 aromatic carbocycles. The summed E-state index contributed by atoms with van der Waals surface area (Å²) in [5.74, 6) is 0.123. The van der Waals surface area contributed by atoms with Crippen molar-refractivity contribution >= 4 is 11.8 Å². The van der Waals surface area contributed by atoms with Crippen LogP contribution in [-0.4, -0.2) is 74.9 Å². The van der Waals surface area contributed by atoms with E-state index < -0.39 is 6.04 Å². The molecule has 2 heterocycles. The Morgan fingerprint density at radius 3 is 2.78 bits per heavy atom. The molecular weight excluding hydrogens is 298 g/mol. The van der Waals surface area contributed by atoms with Crippen molar-refractivity contribution < 1.29 is 19.1 Å². The van der Waals surface area contributed by atoms with Crippen molar-refractivity contribution in [1.82, 2.24) is 15.5 Å². The van der Waals surface area contributed by atoms with E-state index in [4.69, 9.17) is 9.47 Å². The molecule has 0 aliphatic carbocycles. The van der Waals surface area contributed by atoms with Crippen molar-refractivity contribution in [2.75, 3.05) is 46.6 Å². The number of hydrogen-bond acceptors (Lipinski definition) is 5. The van der Waals surface area contributed by atoms with E-state index in [0.717, 1.165) is 25.9 Å². The summed E-state index contributed by atoms with van der Waals surface area (Å²) in [5, 5.41) is 5.96. The zero-order chi connectivity index (χ0) is 16.9. The fourth-order valence-corrected chi connectivity index (χ4v) is 3.40. The van der Waals surface area contributed by atoms with Crippen LogP contribution < -0.4 is 10.6 Å². The van der Waals surface area contributed by atoms with Gasteiger partial charge in [0.25, 0.3) is 0 Å². The number of rotatable bonds is 5. The van der Waals surface area contributed by atoms with Gasteiger partial charge in [-0.1, -0.05) is 13.8 Å². The smallest absolute Gasteiger partial charge is 0.246 e. The molecule has 0 aromatic rings. The third kappa shape index (κ3) is 5.16. The van der Waals surface area contributed by atoms with Crippen molar-refractivity contribution in [2.24, 2.45) is 5.92 Å². The van der Waals surface area contributed by atoms with Crippen LogP contribution in [0.25, 0.3) is 0 Å². The maximum Gasteiger partial charge on any atom is 0.246 e. The molecule has 7 heteroatoms. The second-order valence-corrected chi connectivity index (χ2v) is 7.02. The van der Waals surface area contributed by atoms with E-state index in [2.05, 4.69) is 29.4 Å². The molecule has 0 bridgehead atoms. The van der Waals surface area contributed by atoms with Crippen LogP contribution in [0.5, 0.6) is 0 Å². The topological polar surface area (TPSA) is 79.9 Å². The van der Waals surface area contributed by atoms with Crippen LogP contribution in [0.15, 0.2) is 0 Å². The molecule has 1 spiro atoms. The minimum absolute atomic E-state index is 0.0348. The van der Waals surface area contributed by atoms with Crippen molar-refractivity contribution in [3.63, 3.8) is 0 Å². The summed E-state index contributed by atoms with van der Waals surface area (Å²) in [6.07, 6.45) is 1.62. The molecule has 0 radical (unpaired) electrons. The molecule has 1 atom stereocenters. The number of nitrogens with one attached hydrogen (secondary N) is 2. The molecule has 2 N–H and O–H groups in total. The van der Waals surface area contributed by atoms with Crippen LogP contribution in [0.3, 0.4) is 0 Å². The van der Waals surface area contributed by atoms with E-state index in [1.54, 1.807) is 0 Å². The normalized spacial score (nSPS) is 25.2. The molecule has 1 unspecified atom stereocenters. The Bertz CT molecular complexity index is 422. The first-order valence-corrected chi connectivity index (χ1v) is 8.34. The summed E-state index contributed by atoms with van der Waals surface area (Å²) in [5.41, 5.74) is -0.245. The monoisotopic (exact) mass is 327 g/mol. The van der Waals surface area contributed by atoms with Gasteiger partial charge in [-0.05, 0) is 18.8 Å². The van der Waals surface area contributed by atoms with E-state index in [-0.39, 0.29) is 24.0 Å². The number of amides is 2. The van der Waals surface area contributed by atoms with Crippen molar-refractivity contribution in [1.29, 1.82) is 0 Å². The summed E-state index contributed by atoms with van der Waals surface area (Å²) in [6.45, 7) is 7.85.